The lowest BCUT2D eigenvalue weighted by Gasteiger charge is -2.31. The fourth-order valence-corrected chi connectivity index (χ4v) is 4.67. The Morgan fingerprint density at radius 2 is 1.79 bits per heavy atom. The second kappa shape index (κ2) is 8.11. The van der Waals surface area contributed by atoms with Crippen LogP contribution in [0, 0.1) is 18.6 Å². The van der Waals surface area contributed by atoms with Crippen molar-refractivity contribution in [1.29, 1.82) is 0 Å². The van der Waals surface area contributed by atoms with Crippen LogP contribution in [0.1, 0.15) is 40.7 Å². The molecular formula is C23H27F2N3O. The maximum Gasteiger partial charge on any atom is 0.254 e. The number of benzene rings is 2. The highest BCUT2D eigenvalue weighted by Gasteiger charge is 2.33. The molecular weight excluding hydrogens is 372 g/mol. The summed E-state index contributed by atoms with van der Waals surface area (Å²) in [5, 5.41) is 3.57. The molecule has 2 atom stereocenters. The van der Waals surface area contributed by atoms with E-state index in [1.807, 2.05) is 12.1 Å². The molecule has 1 amide bonds. The van der Waals surface area contributed by atoms with Crippen LogP contribution in [0.15, 0.2) is 36.4 Å². The van der Waals surface area contributed by atoms with E-state index in [1.165, 1.54) is 0 Å². The average molecular weight is 399 g/mol. The van der Waals surface area contributed by atoms with Crippen LogP contribution in [0.3, 0.4) is 0 Å². The summed E-state index contributed by atoms with van der Waals surface area (Å²) in [7, 11) is 2.11. The van der Waals surface area contributed by atoms with Crippen molar-refractivity contribution in [3.8, 4) is 0 Å². The van der Waals surface area contributed by atoms with Crippen molar-refractivity contribution in [3.63, 3.8) is 0 Å². The number of rotatable bonds is 1. The number of carbonyl (C=O) groups is 1. The number of anilines is 1. The molecule has 4 rings (SSSR count). The van der Waals surface area contributed by atoms with Gasteiger partial charge in [0.1, 0.15) is 11.6 Å². The second-order valence-corrected chi connectivity index (χ2v) is 8.22. The zero-order valence-electron chi connectivity index (χ0n) is 16.9. The van der Waals surface area contributed by atoms with Gasteiger partial charge in [-0.25, -0.2) is 8.78 Å². The average Bonchev–Trinajstić information content (AvgIpc) is 2.99. The van der Waals surface area contributed by atoms with Crippen LogP contribution in [0.5, 0.6) is 0 Å². The van der Waals surface area contributed by atoms with E-state index in [4.69, 9.17) is 0 Å². The van der Waals surface area contributed by atoms with Crippen molar-refractivity contribution < 1.29 is 13.6 Å². The number of para-hydroxylation sites is 1. The van der Waals surface area contributed by atoms with Crippen LogP contribution >= 0.6 is 0 Å². The molecule has 0 spiro atoms. The Kier molecular flexibility index (Phi) is 5.54. The van der Waals surface area contributed by atoms with E-state index < -0.39 is 11.6 Å². The molecule has 0 aliphatic carbocycles. The first kappa shape index (κ1) is 19.8. The third-order valence-corrected chi connectivity index (χ3v) is 6.31. The Balaban J connectivity index is 1.72. The number of likely N-dealkylation sites (N-methyl/N-ethyl adjacent to an activating group) is 1. The van der Waals surface area contributed by atoms with Crippen LogP contribution in [0.25, 0.3) is 0 Å². The fraction of sp³-hybridized carbons (Fsp3) is 0.435. The molecule has 2 bridgehead atoms. The van der Waals surface area contributed by atoms with Crippen molar-refractivity contribution in [3.05, 3.63) is 64.7 Å². The van der Waals surface area contributed by atoms with Gasteiger partial charge < -0.3 is 10.2 Å². The third kappa shape index (κ3) is 4.13. The largest absolute Gasteiger partial charge is 0.384 e. The van der Waals surface area contributed by atoms with Crippen LogP contribution in [0.2, 0.25) is 0 Å². The maximum atomic E-state index is 13.7. The summed E-state index contributed by atoms with van der Waals surface area (Å²) in [5.41, 5.74) is 3.26. The van der Waals surface area contributed by atoms with Gasteiger partial charge in [0.25, 0.3) is 5.91 Å². The quantitative estimate of drug-likeness (QED) is 0.781. The lowest BCUT2D eigenvalue weighted by molar-refractivity contribution is 0.0688. The summed E-state index contributed by atoms with van der Waals surface area (Å²) in [6, 6.07) is 9.80. The lowest BCUT2D eigenvalue weighted by Crippen LogP contribution is -2.43. The Morgan fingerprint density at radius 3 is 2.55 bits per heavy atom. The van der Waals surface area contributed by atoms with Crippen molar-refractivity contribution in [1.82, 2.24) is 9.80 Å². The maximum absolute atomic E-state index is 13.7. The molecule has 6 heteroatoms. The van der Waals surface area contributed by atoms with Gasteiger partial charge in [0.2, 0.25) is 0 Å². The molecule has 1 N–H and O–H groups in total. The highest BCUT2D eigenvalue weighted by atomic mass is 19.1. The van der Waals surface area contributed by atoms with Gasteiger partial charge in [-0.05, 0) is 56.5 Å². The predicted molar refractivity (Wildman–Crippen MR) is 110 cm³/mol. The van der Waals surface area contributed by atoms with Gasteiger partial charge in [0.05, 0.1) is 0 Å². The molecule has 29 heavy (non-hydrogen) atoms. The number of amides is 1. The molecule has 2 aromatic carbocycles. The minimum Gasteiger partial charge on any atom is -0.384 e. The first-order valence-corrected chi connectivity index (χ1v) is 10.2. The molecule has 1 saturated heterocycles. The third-order valence-electron chi connectivity index (χ3n) is 6.31. The molecule has 2 aliphatic heterocycles. The van der Waals surface area contributed by atoms with Gasteiger partial charge in [-0.3, -0.25) is 9.69 Å². The number of hydrogen-bond donors (Lipinski definition) is 1. The van der Waals surface area contributed by atoms with E-state index in [1.54, 1.807) is 4.90 Å². The van der Waals surface area contributed by atoms with Crippen LogP contribution in [0.4, 0.5) is 14.5 Å². The van der Waals surface area contributed by atoms with E-state index in [2.05, 4.69) is 30.3 Å². The SMILES string of the molecule is Cc1cccc2c1NCCC1CCC(CN(C(=O)c3cc(F)cc(F)c3)C2)N1C. The van der Waals surface area contributed by atoms with E-state index in [0.717, 1.165) is 60.8 Å². The topological polar surface area (TPSA) is 35.6 Å². The standard InChI is InChI=1S/C23H27F2N3O/c1-15-4-3-5-16-13-28(23(29)17-10-18(24)12-19(25)11-17)14-21-7-6-20(27(21)2)8-9-26-22(15)16/h3-5,10-12,20-21,26H,6-9,13-14H2,1-2H3. The van der Waals surface area contributed by atoms with E-state index in [9.17, 15) is 13.6 Å². The van der Waals surface area contributed by atoms with Gasteiger partial charge >= 0.3 is 0 Å². The minimum atomic E-state index is -0.734. The number of aryl methyl sites for hydroxylation is 1. The number of fused-ring (bicyclic) bond motifs is 3. The van der Waals surface area contributed by atoms with E-state index in [0.29, 0.717) is 19.1 Å². The lowest BCUT2D eigenvalue weighted by atomic mass is 10.0. The molecule has 0 saturated carbocycles. The van der Waals surface area contributed by atoms with Crippen molar-refractivity contribution in [2.75, 3.05) is 25.5 Å². The Bertz CT molecular complexity index is 897. The number of carbonyl (C=O) groups excluding carboxylic acids is 1. The highest BCUT2D eigenvalue weighted by molar-refractivity contribution is 5.94. The molecule has 154 valence electrons. The van der Waals surface area contributed by atoms with E-state index >= 15 is 0 Å². The van der Waals surface area contributed by atoms with Crippen LogP contribution in [-0.2, 0) is 6.54 Å². The number of halogens is 2. The molecule has 2 aromatic rings. The fourth-order valence-electron chi connectivity index (χ4n) is 4.67. The Labute approximate surface area is 170 Å². The zero-order chi connectivity index (χ0) is 20.5. The summed E-state index contributed by atoms with van der Waals surface area (Å²) in [6.45, 7) is 3.87. The van der Waals surface area contributed by atoms with Crippen molar-refractivity contribution in [2.45, 2.75) is 44.8 Å². The first-order valence-electron chi connectivity index (χ1n) is 10.2. The minimum absolute atomic E-state index is 0.0525. The normalized spacial score (nSPS) is 22.6. The van der Waals surface area contributed by atoms with Crippen molar-refractivity contribution in [2.24, 2.45) is 0 Å². The van der Waals surface area contributed by atoms with Gasteiger partial charge in [-0.1, -0.05) is 18.2 Å². The smallest absolute Gasteiger partial charge is 0.254 e. The predicted octanol–water partition coefficient (Wildman–Crippen LogP) is 4.19. The first-order chi connectivity index (χ1) is 13.9. The van der Waals surface area contributed by atoms with Gasteiger partial charge in [0.15, 0.2) is 0 Å². The number of nitrogens with zero attached hydrogens (tertiary/aromatic N) is 2. The molecule has 2 unspecified atom stereocenters. The molecule has 4 nitrogen and oxygen atoms in total. The molecule has 1 fully saturated rings. The number of nitrogens with one attached hydrogen (secondary N) is 1. The van der Waals surface area contributed by atoms with Gasteiger partial charge in [-0.15, -0.1) is 0 Å². The number of hydrogen-bond acceptors (Lipinski definition) is 3. The van der Waals surface area contributed by atoms with E-state index in [-0.39, 0.29) is 17.5 Å². The monoisotopic (exact) mass is 399 g/mol. The van der Waals surface area contributed by atoms with Gasteiger partial charge in [0, 0.05) is 49.0 Å². The summed E-state index contributed by atoms with van der Waals surface area (Å²) < 4.78 is 27.5. The Hall–Kier alpha value is -2.47. The van der Waals surface area contributed by atoms with Crippen molar-refractivity contribution >= 4 is 11.6 Å². The summed E-state index contributed by atoms with van der Waals surface area (Å²) in [4.78, 5) is 17.4. The second-order valence-electron chi connectivity index (χ2n) is 8.22. The molecule has 0 aromatic heterocycles. The van der Waals surface area contributed by atoms with Gasteiger partial charge in [-0.2, -0.15) is 0 Å². The molecule has 0 radical (unpaired) electrons. The zero-order valence-corrected chi connectivity index (χ0v) is 16.9. The molecule has 2 aliphatic rings. The summed E-state index contributed by atoms with van der Waals surface area (Å²) in [6.07, 6.45) is 3.16. The summed E-state index contributed by atoms with van der Waals surface area (Å²) >= 11 is 0. The summed E-state index contributed by atoms with van der Waals surface area (Å²) in [5.74, 6) is -1.81. The molecule has 2 heterocycles. The highest BCUT2D eigenvalue weighted by Crippen LogP contribution is 2.30. The van der Waals surface area contributed by atoms with Crippen LogP contribution in [-0.4, -0.2) is 47.9 Å². The Morgan fingerprint density at radius 1 is 1.07 bits per heavy atom. The van der Waals surface area contributed by atoms with Crippen LogP contribution < -0.4 is 5.32 Å².